The van der Waals surface area contributed by atoms with Gasteiger partial charge in [0.1, 0.15) is 18.1 Å². The van der Waals surface area contributed by atoms with Gasteiger partial charge in [-0.25, -0.2) is 4.79 Å². The highest BCUT2D eigenvalue weighted by Gasteiger charge is 2.41. The van der Waals surface area contributed by atoms with E-state index in [0.29, 0.717) is 0 Å². The summed E-state index contributed by atoms with van der Waals surface area (Å²) >= 11 is 0. The van der Waals surface area contributed by atoms with Gasteiger partial charge >= 0.3 is 12.1 Å². The van der Waals surface area contributed by atoms with Gasteiger partial charge in [-0.1, -0.05) is 20.8 Å². The maximum atomic E-state index is 12.3. The van der Waals surface area contributed by atoms with Crippen molar-refractivity contribution in [2.45, 2.75) is 90.8 Å². The Labute approximate surface area is 151 Å². The number of amides is 1. The maximum Gasteiger partial charge on any atom is 0.408 e. The molecule has 0 heterocycles. The SMILES string of the molecule is CC(O[Si](C)(C)C(C)(C)C)C(NC(=O)OC(C)(C)C)C(=O)CC(=O)O. The fraction of sp³-hybridized carbons (Fsp3) is 0.824. The van der Waals surface area contributed by atoms with Crippen LogP contribution in [-0.4, -0.2) is 49.0 Å². The van der Waals surface area contributed by atoms with Gasteiger partial charge < -0.3 is 19.6 Å². The highest BCUT2D eigenvalue weighted by Crippen LogP contribution is 2.37. The van der Waals surface area contributed by atoms with E-state index in [9.17, 15) is 14.4 Å². The van der Waals surface area contributed by atoms with Crippen molar-refractivity contribution in [2.24, 2.45) is 0 Å². The second-order valence-corrected chi connectivity index (χ2v) is 13.5. The van der Waals surface area contributed by atoms with E-state index < -0.39 is 50.3 Å². The van der Waals surface area contributed by atoms with Crippen molar-refractivity contribution in [1.82, 2.24) is 5.32 Å². The van der Waals surface area contributed by atoms with E-state index in [1.54, 1.807) is 27.7 Å². The Morgan fingerprint density at radius 1 is 1.08 bits per heavy atom. The molecule has 0 aromatic carbocycles. The molecule has 146 valence electrons. The minimum Gasteiger partial charge on any atom is -0.481 e. The van der Waals surface area contributed by atoms with Crippen LogP contribution in [0.1, 0.15) is 54.9 Å². The molecule has 0 saturated heterocycles. The van der Waals surface area contributed by atoms with Crippen molar-refractivity contribution >= 4 is 26.2 Å². The van der Waals surface area contributed by atoms with Gasteiger partial charge in [0.15, 0.2) is 14.1 Å². The number of hydrogen-bond acceptors (Lipinski definition) is 5. The molecule has 0 aromatic heterocycles. The van der Waals surface area contributed by atoms with Crippen LogP contribution >= 0.6 is 0 Å². The summed E-state index contributed by atoms with van der Waals surface area (Å²) in [5.74, 6) is -1.87. The lowest BCUT2D eigenvalue weighted by Crippen LogP contribution is -2.54. The van der Waals surface area contributed by atoms with Crippen LogP contribution < -0.4 is 5.32 Å². The minimum atomic E-state index is -2.21. The summed E-state index contributed by atoms with van der Waals surface area (Å²) in [5, 5.41) is 11.3. The van der Waals surface area contributed by atoms with Gasteiger partial charge in [0.05, 0.1) is 6.10 Å². The van der Waals surface area contributed by atoms with E-state index in [4.69, 9.17) is 14.3 Å². The molecule has 0 rings (SSSR count). The lowest BCUT2D eigenvalue weighted by atomic mass is 10.1. The quantitative estimate of drug-likeness (QED) is 0.523. The topological polar surface area (TPSA) is 102 Å². The summed E-state index contributed by atoms with van der Waals surface area (Å²) in [6.07, 6.45) is -2.13. The predicted octanol–water partition coefficient (Wildman–Crippen LogP) is 3.33. The third-order valence-corrected chi connectivity index (χ3v) is 8.67. The Hall–Kier alpha value is -1.41. The summed E-state index contributed by atoms with van der Waals surface area (Å²) in [7, 11) is -2.21. The maximum absolute atomic E-state index is 12.3. The molecule has 1 amide bonds. The van der Waals surface area contributed by atoms with Crippen LogP contribution in [0.2, 0.25) is 18.1 Å². The van der Waals surface area contributed by atoms with E-state index in [0.717, 1.165) is 0 Å². The fourth-order valence-corrected chi connectivity index (χ4v) is 3.28. The zero-order chi connectivity index (χ0) is 20.2. The summed E-state index contributed by atoms with van der Waals surface area (Å²) in [4.78, 5) is 35.3. The zero-order valence-corrected chi connectivity index (χ0v) is 17.9. The van der Waals surface area contributed by atoms with Crippen LogP contribution in [0.15, 0.2) is 0 Å². The number of carbonyl (C=O) groups excluding carboxylic acids is 2. The molecule has 2 atom stereocenters. The third kappa shape index (κ3) is 8.49. The Morgan fingerprint density at radius 2 is 1.56 bits per heavy atom. The Kier molecular flexibility index (Phi) is 7.84. The van der Waals surface area contributed by atoms with Gasteiger partial charge in [-0.05, 0) is 45.8 Å². The number of carboxylic acids is 1. The van der Waals surface area contributed by atoms with Crippen molar-refractivity contribution in [2.75, 3.05) is 0 Å². The highest BCUT2D eigenvalue weighted by atomic mass is 28.4. The molecule has 0 saturated carbocycles. The number of aliphatic carboxylic acids is 1. The Bertz CT molecular complexity index is 504. The van der Waals surface area contributed by atoms with Crippen LogP contribution in [0.25, 0.3) is 0 Å². The number of ether oxygens (including phenoxy) is 1. The molecule has 0 aliphatic carbocycles. The van der Waals surface area contributed by atoms with E-state index in [1.807, 2.05) is 13.1 Å². The summed E-state index contributed by atoms with van der Waals surface area (Å²) < 4.78 is 11.3. The average Bonchev–Trinajstić information content (AvgIpc) is 2.30. The van der Waals surface area contributed by atoms with Crippen molar-refractivity contribution in [3.8, 4) is 0 Å². The Balaban J connectivity index is 5.34. The van der Waals surface area contributed by atoms with Gasteiger partial charge in [-0.2, -0.15) is 0 Å². The molecule has 0 aliphatic heterocycles. The first kappa shape index (κ1) is 23.6. The number of ketones is 1. The van der Waals surface area contributed by atoms with Crippen molar-refractivity contribution in [3.05, 3.63) is 0 Å². The summed E-state index contributed by atoms with van der Waals surface area (Å²) in [5.41, 5.74) is -0.728. The standard InChI is InChI=1S/C17H33NO6Si/c1-11(24-25(8,9)17(5,6)7)14(12(19)10-13(20)21)18-15(22)23-16(2,3)4/h11,14H,10H2,1-9H3,(H,18,22)(H,20,21). The monoisotopic (exact) mass is 375 g/mol. The minimum absolute atomic E-state index is 0.0897. The molecule has 0 aromatic rings. The molecular weight excluding hydrogens is 342 g/mol. The van der Waals surface area contributed by atoms with Crippen LogP contribution in [0, 0.1) is 0 Å². The fourth-order valence-electron chi connectivity index (χ4n) is 1.86. The molecule has 0 aliphatic rings. The lowest BCUT2D eigenvalue weighted by Gasteiger charge is -2.40. The molecule has 0 spiro atoms. The first-order valence-corrected chi connectivity index (χ1v) is 11.3. The molecule has 8 heteroatoms. The van der Waals surface area contributed by atoms with E-state index >= 15 is 0 Å². The zero-order valence-electron chi connectivity index (χ0n) is 16.9. The number of carboxylic acid groups (broad SMARTS) is 1. The Morgan fingerprint density at radius 3 is 1.92 bits per heavy atom. The predicted molar refractivity (Wildman–Crippen MR) is 98.2 cm³/mol. The second kappa shape index (κ2) is 8.31. The highest BCUT2D eigenvalue weighted by molar-refractivity contribution is 6.74. The molecule has 2 N–H and O–H groups in total. The molecular formula is C17H33NO6Si. The van der Waals surface area contributed by atoms with Crippen molar-refractivity contribution < 1.29 is 28.7 Å². The number of nitrogens with one attached hydrogen (secondary N) is 1. The van der Waals surface area contributed by atoms with E-state index in [2.05, 4.69) is 26.1 Å². The first-order chi connectivity index (χ1) is 11.0. The van der Waals surface area contributed by atoms with E-state index in [-0.39, 0.29) is 5.04 Å². The number of hydrogen-bond donors (Lipinski definition) is 2. The summed E-state index contributed by atoms with van der Waals surface area (Å²) in [6, 6.07) is -1.08. The van der Waals surface area contributed by atoms with Gasteiger partial charge in [0, 0.05) is 0 Å². The van der Waals surface area contributed by atoms with E-state index in [1.165, 1.54) is 0 Å². The molecule has 0 fully saturated rings. The van der Waals surface area contributed by atoms with Crippen LogP contribution in [0.5, 0.6) is 0 Å². The third-order valence-electron chi connectivity index (χ3n) is 4.10. The summed E-state index contributed by atoms with van der Waals surface area (Å²) in [6.45, 7) is 17.0. The molecule has 0 radical (unpaired) electrons. The van der Waals surface area contributed by atoms with Crippen LogP contribution in [0.3, 0.4) is 0 Å². The number of alkyl carbamates (subject to hydrolysis) is 1. The van der Waals surface area contributed by atoms with Gasteiger partial charge in [0.25, 0.3) is 0 Å². The number of carbonyl (C=O) groups is 3. The van der Waals surface area contributed by atoms with Crippen LogP contribution in [-0.2, 0) is 18.8 Å². The van der Waals surface area contributed by atoms with Crippen molar-refractivity contribution in [1.29, 1.82) is 0 Å². The molecule has 0 bridgehead atoms. The first-order valence-electron chi connectivity index (χ1n) is 8.38. The molecule has 7 nitrogen and oxygen atoms in total. The van der Waals surface area contributed by atoms with Gasteiger partial charge in [-0.3, -0.25) is 9.59 Å². The number of rotatable bonds is 7. The van der Waals surface area contributed by atoms with Gasteiger partial charge in [-0.15, -0.1) is 0 Å². The number of Topliss-reactive ketones (excluding diaryl/α,β-unsaturated/α-hetero) is 1. The largest absolute Gasteiger partial charge is 0.481 e. The van der Waals surface area contributed by atoms with Gasteiger partial charge in [0.2, 0.25) is 0 Å². The second-order valence-electron chi connectivity index (χ2n) is 8.74. The molecule has 25 heavy (non-hydrogen) atoms. The smallest absolute Gasteiger partial charge is 0.408 e. The normalized spacial score (nSPS) is 15.2. The lowest BCUT2D eigenvalue weighted by molar-refractivity contribution is -0.141. The van der Waals surface area contributed by atoms with Crippen LogP contribution in [0.4, 0.5) is 4.79 Å². The molecule has 2 unspecified atom stereocenters. The van der Waals surface area contributed by atoms with Crippen molar-refractivity contribution in [3.63, 3.8) is 0 Å². The average molecular weight is 376 g/mol.